The molecule has 0 N–H and O–H groups in total. The van der Waals surface area contributed by atoms with Gasteiger partial charge in [-0.15, -0.1) is 0 Å². The molecule has 1 aliphatic rings. The molecule has 0 amide bonds. The average Bonchev–Trinajstić information content (AvgIpc) is 2.68. The summed E-state index contributed by atoms with van der Waals surface area (Å²) in [5.74, 6) is 0. The van der Waals surface area contributed by atoms with Gasteiger partial charge in [0.05, 0.1) is 6.07 Å². The van der Waals surface area contributed by atoms with Crippen LogP contribution < -0.4 is 0 Å². The first kappa shape index (κ1) is 20.2. The fourth-order valence-electron chi connectivity index (χ4n) is 3.47. The summed E-state index contributed by atoms with van der Waals surface area (Å²) >= 11 is 0. The van der Waals surface area contributed by atoms with E-state index in [1.807, 2.05) is 13.8 Å². The number of piperidine rings is 1. The minimum atomic E-state index is 0.227. The molecule has 2 heteroatoms. The maximum Gasteiger partial charge on any atom is 0.0627 e. The summed E-state index contributed by atoms with van der Waals surface area (Å²) in [5.41, 5.74) is 4.34. The molecule has 1 fully saturated rings. The molecule has 138 valence electrons. The molecule has 0 radical (unpaired) electrons. The molecule has 0 saturated carbocycles. The molecule has 0 aliphatic carbocycles. The lowest BCUT2D eigenvalue weighted by Crippen LogP contribution is -2.38. The van der Waals surface area contributed by atoms with Crippen molar-refractivity contribution < 1.29 is 0 Å². The first-order valence-corrected chi connectivity index (χ1v) is 9.88. The lowest BCUT2D eigenvalue weighted by atomic mass is 9.78. The van der Waals surface area contributed by atoms with Crippen LogP contribution in [0.25, 0.3) is 0 Å². The van der Waals surface area contributed by atoms with E-state index in [0.29, 0.717) is 6.42 Å². The predicted octanol–water partition coefficient (Wildman–Crippen LogP) is 5.82. The fourth-order valence-corrected chi connectivity index (χ4v) is 3.47. The Morgan fingerprint density at radius 1 is 0.885 bits per heavy atom. The normalized spacial score (nSPS) is 16.2. The topological polar surface area (TPSA) is 27.0 Å². The van der Waals surface area contributed by atoms with Crippen molar-refractivity contribution in [2.45, 2.75) is 53.0 Å². The Morgan fingerprint density at radius 3 is 2.00 bits per heavy atom. The number of nitrogens with zero attached hydrogens (tertiary/aromatic N) is 2. The van der Waals surface area contributed by atoms with E-state index in [2.05, 4.69) is 72.5 Å². The highest BCUT2D eigenvalue weighted by molar-refractivity contribution is 5.28. The summed E-state index contributed by atoms with van der Waals surface area (Å²) in [5, 5.41) is 8.95. The van der Waals surface area contributed by atoms with Crippen LogP contribution in [0.2, 0.25) is 0 Å². The van der Waals surface area contributed by atoms with Crippen LogP contribution >= 0.6 is 0 Å². The molecular weight excluding hydrogens is 316 g/mol. The minimum absolute atomic E-state index is 0.227. The monoisotopic (exact) mass is 348 g/mol. The van der Waals surface area contributed by atoms with Crippen molar-refractivity contribution in [3.05, 3.63) is 71.3 Å². The Kier molecular flexibility index (Phi) is 7.88. The van der Waals surface area contributed by atoms with Crippen molar-refractivity contribution in [2.24, 2.45) is 5.41 Å². The Morgan fingerprint density at radius 2 is 1.42 bits per heavy atom. The van der Waals surface area contributed by atoms with E-state index >= 15 is 0 Å². The van der Waals surface area contributed by atoms with E-state index in [4.69, 9.17) is 5.26 Å². The van der Waals surface area contributed by atoms with Crippen LogP contribution in [-0.4, -0.2) is 18.0 Å². The zero-order valence-electron chi connectivity index (χ0n) is 16.5. The second-order valence-electron chi connectivity index (χ2n) is 7.40. The van der Waals surface area contributed by atoms with Crippen LogP contribution in [0, 0.1) is 16.7 Å². The lowest BCUT2D eigenvalue weighted by molar-refractivity contribution is 0.116. The van der Waals surface area contributed by atoms with Crippen LogP contribution in [0.3, 0.4) is 0 Å². The Hall–Kier alpha value is -2.11. The van der Waals surface area contributed by atoms with Crippen LogP contribution in [0.1, 0.15) is 56.7 Å². The molecule has 2 aromatic rings. The van der Waals surface area contributed by atoms with E-state index in [1.165, 1.54) is 16.7 Å². The third-order valence-electron chi connectivity index (χ3n) is 5.25. The van der Waals surface area contributed by atoms with Gasteiger partial charge in [0.2, 0.25) is 0 Å². The SMILES string of the molecule is CC.CC1(CC#N)CCN(Cc2ccc(Cc3ccccc3)cc2)CC1. The second kappa shape index (κ2) is 10.1. The van der Waals surface area contributed by atoms with Gasteiger partial charge in [0.1, 0.15) is 0 Å². The molecular formula is C24H32N2. The van der Waals surface area contributed by atoms with Crippen LogP contribution in [0.4, 0.5) is 0 Å². The van der Waals surface area contributed by atoms with Crippen molar-refractivity contribution in [1.29, 1.82) is 5.26 Å². The number of hydrogen-bond acceptors (Lipinski definition) is 2. The second-order valence-corrected chi connectivity index (χ2v) is 7.40. The fraction of sp³-hybridized carbons (Fsp3) is 0.458. The Bertz CT molecular complexity index is 674. The van der Waals surface area contributed by atoms with Crippen LogP contribution in [-0.2, 0) is 13.0 Å². The number of likely N-dealkylation sites (tertiary alicyclic amines) is 1. The predicted molar refractivity (Wildman–Crippen MR) is 110 cm³/mol. The van der Waals surface area contributed by atoms with Gasteiger partial charge >= 0.3 is 0 Å². The van der Waals surface area contributed by atoms with E-state index in [-0.39, 0.29) is 5.41 Å². The molecule has 1 saturated heterocycles. The van der Waals surface area contributed by atoms with Gasteiger partial charge < -0.3 is 0 Å². The summed E-state index contributed by atoms with van der Waals surface area (Å²) in [7, 11) is 0. The molecule has 1 aliphatic heterocycles. The van der Waals surface area contributed by atoms with Gasteiger partial charge in [0, 0.05) is 13.0 Å². The zero-order chi connectivity index (χ0) is 18.8. The summed E-state index contributed by atoms with van der Waals surface area (Å²) < 4.78 is 0. The molecule has 0 atom stereocenters. The molecule has 3 rings (SSSR count). The molecule has 1 heterocycles. The average molecular weight is 349 g/mol. The third-order valence-corrected chi connectivity index (χ3v) is 5.25. The van der Waals surface area contributed by atoms with E-state index in [9.17, 15) is 0 Å². The molecule has 0 spiro atoms. The largest absolute Gasteiger partial charge is 0.299 e. The molecule has 0 bridgehead atoms. The minimum Gasteiger partial charge on any atom is -0.299 e. The number of rotatable bonds is 5. The van der Waals surface area contributed by atoms with E-state index in [1.54, 1.807) is 0 Å². The smallest absolute Gasteiger partial charge is 0.0627 e. The van der Waals surface area contributed by atoms with Gasteiger partial charge in [0.15, 0.2) is 0 Å². The Balaban J connectivity index is 0.00000117. The highest BCUT2D eigenvalue weighted by Gasteiger charge is 2.29. The van der Waals surface area contributed by atoms with Crippen LogP contribution in [0.5, 0.6) is 0 Å². The molecule has 0 aromatic heterocycles. The summed E-state index contributed by atoms with van der Waals surface area (Å²) in [6, 6.07) is 22.0. The summed E-state index contributed by atoms with van der Waals surface area (Å²) in [4.78, 5) is 2.52. The first-order valence-electron chi connectivity index (χ1n) is 9.88. The maximum absolute atomic E-state index is 8.95. The van der Waals surface area contributed by atoms with Crippen molar-refractivity contribution in [2.75, 3.05) is 13.1 Å². The molecule has 0 unspecified atom stereocenters. The number of nitriles is 1. The standard InChI is InChI=1S/C22H26N2.C2H6/c1-22(11-14-23)12-15-24(16-13-22)18-21-9-7-20(8-10-21)17-19-5-3-2-4-6-19;1-2/h2-10H,11-13,15-18H2,1H3;1-2H3. The van der Waals surface area contributed by atoms with E-state index in [0.717, 1.165) is 38.9 Å². The highest BCUT2D eigenvalue weighted by Crippen LogP contribution is 2.34. The first-order chi connectivity index (χ1) is 12.7. The maximum atomic E-state index is 8.95. The Labute approximate surface area is 159 Å². The quantitative estimate of drug-likeness (QED) is 0.681. The van der Waals surface area contributed by atoms with Crippen molar-refractivity contribution >= 4 is 0 Å². The van der Waals surface area contributed by atoms with Gasteiger partial charge in [0.25, 0.3) is 0 Å². The molecule has 2 aromatic carbocycles. The number of hydrogen-bond donors (Lipinski definition) is 0. The zero-order valence-corrected chi connectivity index (χ0v) is 16.5. The van der Waals surface area contributed by atoms with Crippen molar-refractivity contribution in [3.63, 3.8) is 0 Å². The van der Waals surface area contributed by atoms with Gasteiger partial charge in [-0.25, -0.2) is 0 Å². The third kappa shape index (κ3) is 6.00. The van der Waals surface area contributed by atoms with Crippen LogP contribution in [0.15, 0.2) is 54.6 Å². The van der Waals surface area contributed by atoms with Gasteiger partial charge in [-0.05, 0) is 54.5 Å². The lowest BCUT2D eigenvalue weighted by Gasteiger charge is -2.38. The van der Waals surface area contributed by atoms with Gasteiger partial charge in [-0.2, -0.15) is 5.26 Å². The summed E-state index contributed by atoms with van der Waals surface area (Å²) in [6.07, 6.45) is 3.95. The van der Waals surface area contributed by atoms with Gasteiger partial charge in [-0.3, -0.25) is 4.90 Å². The van der Waals surface area contributed by atoms with E-state index < -0.39 is 0 Å². The molecule has 26 heavy (non-hydrogen) atoms. The highest BCUT2D eigenvalue weighted by atomic mass is 15.1. The van der Waals surface area contributed by atoms with Crippen molar-refractivity contribution in [1.82, 2.24) is 4.90 Å². The number of benzene rings is 2. The molecule has 2 nitrogen and oxygen atoms in total. The van der Waals surface area contributed by atoms with Gasteiger partial charge in [-0.1, -0.05) is 75.4 Å². The summed E-state index contributed by atoms with van der Waals surface area (Å²) in [6.45, 7) is 9.48. The van der Waals surface area contributed by atoms with Crippen molar-refractivity contribution in [3.8, 4) is 6.07 Å².